The van der Waals surface area contributed by atoms with Gasteiger partial charge in [0.1, 0.15) is 6.54 Å². The summed E-state index contributed by atoms with van der Waals surface area (Å²) in [6.07, 6.45) is -0.563. The van der Waals surface area contributed by atoms with E-state index in [1.54, 1.807) is 21.1 Å². The number of carbonyl (C=O) groups excluding carboxylic acids is 1. The molecule has 0 heterocycles. The van der Waals surface area contributed by atoms with Crippen molar-refractivity contribution in [2.45, 2.75) is 12.0 Å². The molecule has 0 aromatic heterocycles. The van der Waals surface area contributed by atoms with Crippen LogP contribution in [0.3, 0.4) is 0 Å². The van der Waals surface area contributed by atoms with Gasteiger partial charge in [0, 0.05) is 0 Å². The molecule has 1 atom stereocenters. The van der Waals surface area contributed by atoms with Crippen LogP contribution >= 0.6 is 15.9 Å². The predicted molar refractivity (Wildman–Crippen MR) is 58.9 cm³/mol. The zero-order chi connectivity index (χ0) is 12.3. The number of carbonyl (C=O) groups is 2. The van der Waals surface area contributed by atoms with Gasteiger partial charge in [-0.2, -0.15) is 0 Å². The molecule has 5 nitrogen and oxygen atoms in total. The second-order valence-electron chi connectivity index (χ2n) is 4.61. The Bertz CT molecular complexity index is 261. The number of alkyl halides is 1. The number of nitrogens with zero attached hydrogens (tertiary/aromatic N) is 1. The third-order valence-electron chi connectivity index (χ3n) is 1.82. The zero-order valence-electron chi connectivity index (χ0n) is 9.16. The minimum Gasteiger partial charge on any atom is -0.481 e. The molecule has 0 spiro atoms. The van der Waals surface area contributed by atoms with Crippen molar-refractivity contribution in [1.82, 2.24) is 0 Å². The standard InChI is InChI=1S/C9H16BrNO4/c1-11(2,3)6-9(15,4-8(13)14)7(12)5-10/h15H,4-6H2,1-3H3/p+1. The van der Waals surface area contributed by atoms with Crippen molar-refractivity contribution in [3.05, 3.63) is 0 Å². The van der Waals surface area contributed by atoms with Crippen LogP contribution in [0.2, 0.25) is 0 Å². The smallest absolute Gasteiger partial charge is 0.306 e. The lowest BCUT2D eigenvalue weighted by atomic mass is 9.94. The highest BCUT2D eigenvalue weighted by Gasteiger charge is 2.42. The van der Waals surface area contributed by atoms with Crippen LogP contribution in [0.15, 0.2) is 0 Å². The Kier molecular flexibility index (Phi) is 4.89. The van der Waals surface area contributed by atoms with E-state index in [2.05, 4.69) is 15.9 Å². The van der Waals surface area contributed by atoms with Gasteiger partial charge >= 0.3 is 5.97 Å². The quantitative estimate of drug-likeness (QED) is 0.525. The first-order valence-corrected chi connectivity index (χ1v) is 5.57. The number of Topliss-reactive ketones (excluding diaryl/α,β-unsaturated/α-hetero) is 1. The van der Waals surface area contributed by atoms with Gasteiger partial charge in [0.2, 0.25) is 0 Å². The summed E-state index contributed by atoms with van der Waals surface area (Å²) in [5, 5.41) is 18.6. The monoisotopic (exact) mass is 282 g/mol. The number of rotatable bonds is 6. The number of likely N-dealkylation sites (N-methyl/N-ethyl adjacent to an activating group) is 1. The van der Waals surface area contributed by atoms with E-state index in [1.807, 2.05) is 0 Å². The average Bonchev–Trinajstić information content (AvgIpc) is 1.97. The van der Waals surface area contributed by atoms with Crippen molar-refractivity contribution in [1.29, 1.82) is 0 Å². The van der Waals surface area contributed by atoms with Gasteiger partial charge in [0.05, 0.1) is 32.9 Å². The lowest BCUT2D eigenvalue weighted by Crippen LogP contribution is -2.55. The molecule has 88 valence electrons. The van der Waals surface area contributed by atoms with Gasteiger partial charge in [0.15, 0.2) is 11.4 Å². The number of quaternary nitrogens is 1. The molecule has 6 heteroatoms. The predicted octanol–water partition coefficient (Wildman–Crippen LogP) is -0.138. The SMILES string of the molecule is C[N+](C)(C)CC(O)(CC(=O)O)C(=O)CBr. The molecule has 0 aliphatic heterocycles. The van der Waals surface area contributed by atoms with E-state index in [4.69, 9.17) is 5.11 Å². The maximum Gasteiger partial charge on any atom is 0.306 e. The van der Waals surface area contributed by atoms with E-state index in [0.717, 1.165) is 0 Å². The van der Waals surface area contributed by atoms with Gasteiger partial charge in [-0.15, -0.1) is 0 Å². The van der Waals surface area contributed by atoms with Crippen LogP contribution in [0.4, 0.5) is 0 Å². The molecule has 0 aliphatic rings. The zero-order valence-corrected chi connectivity index (χ0v) is 10.7. The second kappa shape index (κ2) is 5.05. The largest absolute Gasteiger partial charge is 0.481 e. The summed E-state index contributed by atoms with van der Waals surface area (Å²) >= 11 is 2.94. The molecule has 0 aromatic rings. The van der Waals surface area contributed by atoms with Gasteiger partial charge in [-0.1, -0.05) is 15.9 Å². The molecule has 1 unspecified atom stereocenters. The molecule has 2 N–H and O–H groups in total. The van der Waals surface area contributed by atoms with E-state index in [0.29, 0.717) is 4.48 Å². The molecular formula is C9H17BrNO4+. The first-order chi connectivity index (χ1) is 6.60. The summed E-state index contributed by atoms with van der Waals surface area (Å²) in [4.78, 5) is 22.1. The Balaban J connectivity index is 4.86. The summed E-state index contributed by atoms with van der Waals surface area (Å²) < 4.78 is 0.322. The number of aliphatic carboxylic acids is 1. The second-order valence-corrected chi connectivity index (χ2v) is 5.17. The van der Waals surface area contributed by atoms with Crippen LogP contribution in [0.5, 0.6) is 0 Å². The number of aliphatic hydroxyl groups is 1. The topological polar surface area (TPSA) is 74.6 Å². The summed E-state index contributed by atoms with van der Waals surface area (Å²) in [5.74, 6) is -1.68. The Morgan fingerprint density at radius 3 is 2.07 bits per heavy atom. The van der Waals surface area contributed by atoms with E-state index in [9.17, 15) is 14.7 Å². The van der Waals surface area contributed by atoms with E-state index < -0.39 is 23.8 Å². The molecule has 0 rings (SSSR count). The van der Waals surface area contributed by atoms with E-state index >= 15 is 0 Å². The number of hydrogen-bond acceptors (Lipinski definition) is 3. The van der Waals surface area contributed by atoms with Crippen molar-refractivity contribution in [3.8, 4) is 0 Å². The minimum absolute atomic E-state index is 0.0449. The number of hydrogen-bond donors (Lipinski definition) is 2. The maximum atomic E-state index is 11.5. The fourth-order valence-corrected chi connectivity index (χ4v) is 1.92. The summed E-state index contributed by atoms with van der Waals surface area (Å²) in [6, 6.07) is 0. The van der Waals surface area contributed by atoms with Crippen LogP contribution in [0.1, 0.15) is 6.42 Å². The third-order valence-corrected chi connectivity index (χ3v) is 2.33. The lowest BCUT2D eigenvalue weighted by Gasteiger charge is -2.33. The molecule has 0 saturated heterocycles. The van der Waals surface area contributed by atoms with Gasteiger partial charge in [-0.25, -0.2) is 0 Å². The van der Waals surface area contributed by atoms with Crippen LogP contribution in [0.25, 0.3) is 0 Å². The van der Waals surface area contributed by atoms with Crippen molar-refractivity contribution in [2.24, 2.45) is 0 Å². The molecule has 0 fully saturated rings. The molecule has 0 aliphatic carbocycles. The Labute approximate surface area is 97.4 Å². The summed E-state index contributed by atoms with van der Waals surface area (Å²) in [6.45, 7) is 0.0731. The molecule has 0 bridgehead atoms. The normalized spacial score (nSPS) is 15.8. The first kappa shape index (κ1) is 14.5. The van der Waals surface area contributed by atoms with Gasteiger partial charge in [-0.05, 0) is 0 Å². The molecule has 15 heavy (non-hydrogen) atoms. The highest BCUT2D eigenvalue weighted by molar-refractivity contribution is 9.09. The fraction of sp³-hybridized carbons (Fsp3) is 0.778. The van der Waals surface area contributed by atoms with Crippen molar-refractivity contribution < 1.29 is 24.3 Å². The molecule has 0 amide bonds. The third kappa shape index (κ3) is 5.25. The van der Waals surface area contributed by atoms with Crippen LogP contribution in [0, 0.1) is 0 Å². The Hall–Kier alpha value is -0.460. The number of halogens is 1. The highest BCUT2D eigenvalue weighted by atomic mass is 79.9. The highest BCUT2D eigenvalue weighted by Crippen LogP contribution is 2.17. The Morgan fingerprint density at radius 2 is 1.80 bits per heavy atom. The molecular weight excluding hydrogens is 266 g/mol. The van der Waals surface area contributed by atoms with Crippen molar-refractivity contribution in [3.63, 3.8) is 0 Å². The molecule has 0 saturated carbocycles. The number of carboxylic acid groups (broad SMARTS) is 1. The average molecular weight is 283 g/mol. The van der Waals surface area contributed by atoms with Gasteiger partial charge < -0.3 is 14.7 Å². The molecule has 0 radical (unpaired) electrons. The van der Waals surface area contributed by atoms with E-state index in [-0.39, 0.29) is 11.9 Å². The molecule has 0 aromatic carbocycles. The number of ketones is 1. The van der Waals surface area contributed by atoms with Gasteiger partial charge in [-0.3, -0.25) is 9.59 Å². The van der Waals surface area contributed by atoms with Crippen LogP contribution < -0.4 is 0 Å². The van der Waals surface area contributed by atoms with Crippen LogP contribution in [-0.2, 0) is 9.59 Å². The van der Waals surface area contributed by atoms with Crippen LogP contribution in [-0.4, -0.2) is 65.1 Å². The Morgan fingerprint density at radius 1 is 1.33 bits per heavy atom. The lowest BCUT2D eigenvalue weighted by molar-refractivity contribution is -0.875. The van der Waals surface area contributed by atoms with Crippen molar-refractivity contribution in [2.75, 3.05) is 33.0 Å². The minimum atomic E-state index is -1.80. The van der Waals surface area contributed by atoms with Crippen molar-refractivity contribution >= 4 is 27.7 Å². The summed E-state index contributed by atoms with van der Waals surface area (Å²) in [5.41, 5.74) is -1.80. The number of carboxylic acids is 1. The van der Waals surface area contributed by atoms with E-state index in [1.165, 1.54) is 0 Å². The fourth-order valence-electron chi connectivity index (χ4n) is 1.40. The van der Waals surface area contributed by atoms with Gasteiger partial charge in [0.25, 0.3) is 0 Å². The summed E-state index contributed by atoms with van der Waals surface area (Å²) in [7, 11) is 5.36. The first-order valence-electron chi connectivity index (χ1n) is 4.44. The maximum absolute atomic E-state index is 11.5.